The average Bonchev–Trinajstić information content (AvgIpc) is 2.85. The van der Waals surface area contributed by atoms with E-state index in [0.29, 0.717) is 36.2 Å². The summed E-state index contributed by atoms with van der Waals surface area (Å²) in [5.41, 5.74) is 2.62. The van der Waals surface area contributed by atoms with Crippen LogP contribution in [0.4, 0.5) is 0 Å². The topological polar surface area (TPSA) is 55.2 Å². The second-order valence-electron chi connectivity index (χ2n) is 8.30. The fourth-order valence-electron chi connectivity index (χ4n) is 4.14. The third kappa shape index (κ3) is 5.03. The van der Waals surface area contributed by atoms with Gasteiger partial charge in [0.05, 0.1) is 23.5 Å². The molecule has 0 saturated carbocycles. The quantitative estimate of drug-likeness (QED) is 0.373. The minimum absolute atomic E-state index is 0.0579. The molecule has 1 aromatic heterocycles. The molecule has 168 valence electrons. The molecule has 4 aromatic rings. The lowest BCUT2D eigenvalue weighted by molar-refractivity contribution is -0.134. The third-order valence-corrected chi connectivity index (χ3v) is 5.90. The highest BCUT2D eigenvalue weighted by Crippen LogP contribution is 2.24. The van der Waals surface area contributed by atoms with E-state index in [2.05, 4.69) is 0 Å². The average molecular weight is 440 g/mol. The first-order valence-corrected chi connectivity index (χ1v) is 11.4. The standard InChI is InChI=1S/C28H29N3O2/c1-3-12-26(32)30(19-22-13-6-4-7-14-22)21(2)27-29-25-18-11-10-17-24(25)28(33)31(27)20-23-15-8-5-9-16-23/h4-11,13-18,21H,3,12,19-20H2,1-2H3. The van der Waals surface area contributed by atoms with Gasteiger partial charge in [0.1, 0.15) is 5.82 Å². The summed E-state index contributed by atoms with van der Waals surface area (Å²) in [5.74, 6) is 0.658. The first-order chi connectivity index (χ1) is 16.1. The predicted octanol–water partition coefficient (Wildman–Crippen LogP) is 5.33. The van der Waals surface area contributed by atoms with Crippen molar-refractivity contribution in [3.8, 4) is 0 Å². The van der Waals surface area contributed by atoms with Gasteiger partial charge in [0.2, 0.25) is 5.91 Å². The normalized spacial score (nSPS) is 11.9. The molecule has 33 heavy (non-hydrogen) atoms. The molecular formula is C28H29N3O2. The zero-order valence-corrected chi connectivity index (χ0v) is 19.1. The number of fused-ring (bicyclic) bond motifs is 1. The SMILES string of the molecule is CCCC(=O)N(Cc1ccccc1)C(C)c1nc2ccccc2c(=O)n1Cc1ccccc1. The summed E-state index contributed by atoms with van der Waals surface area (Å²) in [6.07, 6.45) is 1.21. The van der Waals surface area contributed by atoms with Crippen LogP contribution in [0.2, 0.25) is 0 Å². The number of hydrogen-bond donors (Lipinski definition) is 0. The first-order valence-electron chi connectivity index (χ1n) is 11.4. The summed E-state index contributed by atoms with van der Waals surface area (Å²) in [7, 11) is 0. The fourth-order valence-corrected chi connectivity index (χ4v) is 4.14. The molecule has 0 fully saturated rings. The Morgan fingerprint density at radius 3 is 2.18 bits per heavy atom. The third-order valence-electron chi connectivity index (χ3n) is 5.90. The second-order valence-corrected chi connectivity index (χ2v) is 8.30. The van der Waals surface area contributed by atoms with Gasteiger partial charge in [0, 0.05) is 13.0 Å². The Hall–Kier alpha value is -3.73. The van der Waals surface area contributed by atoms with Crippen LogP contribution >= 0.6 is 0 Å². The summed E-state index contributed by atoms with van der Waals surface area (Å²) in [4.78, 5) is 33.5. The minimum Gasteiger partial charge on any atom is -0.328 e. The second kappa shape index (κ2) is 10.3. The summed E-state index contributed by atoms with van der Waals surface area (Å²) in [5, 5.41) is 0.582. The molecule has 0 aliphatic heterocycles. The van der Waals surface area contributed by atoms with Crippen LogP contribution in [0, 0.1) is 0 Å². The van der Waals surface area contributed by atoms with E-state index in [4.69, 9.17) is 4.98 Å². The van der Waals surface area contributed by atoms with Gasteiger partial charge < -0.3 is 4.90 Å². The van der Waals surface area contributed by atoms with Crippen LogP contribution in [0.3, 0.4) is 0 Å². The van der Waals surface area contributed by atoms with Crippen molar-refractivity contribution in [2.45, 2.75) is 45.8 Å². The van der Waals surface area contributed by atoms with E-state index >= 15 is 0 Å². The van der Waals surface area contributed by atoms with Crippen molar-refractivity contribution >= 4 is 16.8 Å². The van der Waals surface area contributed by atoms with Gasteiger partial charge in [-0.1, -0.05) is 79.7 Å². The Balaban J connectivity index is 1.83. The molecule has 1 amide bonds. The smallest absolute Gasteiger partial charge is 0.261 e. The van der Waals surface area contributed by atoms with Gasteiger partial charge in [-0.05, 0) is 36.6 Å². The number of carbonyl (C=O) groups is 1. The number of amides is 1. The van der Waals surface area contributed by atoms with Crippen molar-refractivity contribution < 1.29 is 4.79 Å². The molecule has 4 rings (SSSR count). The Bertz CT molecular complexity index is 1280. The van der Waals surface area contributed by atoms with E-state index in [0.717, 1.165) is 17.5 Å². The van der Waals surface area contributed by atoms with E-state index < -0.39 is 0 Å². The summed E-state index contributed by atoms with van der Waals surface area (Å²) >= 11 is 0. The maximum Gasteiger partial charge on any atom is 0.261 e. The Morgan fingerprint density at radius 1 is 0.909 bits per heavy atom. The molecular weight excluding hydrogens is 410 g/mol. The molecule has 0 bridgehead atoms. The summed E-state index contributed by atoms with van der Waals surface area (Å²) in [6.45, 7) is 4.84. The largest absolute Gasteiger partial charge is 0.328 e. The van der Waals surface area contributed by atoms with Crippen LogP contribution < -0.4 is 5.56 Å². The molecule has 1 atom stereocenters. The lowest BCUT2D eigenvalue weighted by atomic mass is 10.1. The molecule has 1 unspecified atom stereocenters. The van der Waals surface area contributed by atoms with Crippen LogP contribution in [-0.2, 0) is 17.9 Å². The first kappa shape index (κ1) is 22.5. The maximum absolute atomic E-state index is 13.6. The van der Waals surface area contributed by atoms with Crippen molar-refractivity contribution in [3.05, 3.63) is 112 Å². The number of nitrogens with zero attached hydrogens (tertiary/aromatic N) is 3. The molecule has 5 heteroatoms. The number of hydrogen-bond acceptors (Lipinski definition) is 3. The van der Waals surface area contributed by atoms with Crippen LogP contribution in [0.15, 0.2) is 89.7 Å². The van der Waals surface area contributed by atoms with E-state index in [1.807, 2.05) is 104 Å². The molecule has 3 aromatic carbocycles. The molecule has 1 heterocycles. The Kier molecular flexibility index (Phi) is 6.98. The number of carbonyl (C=O) groups excluding carboxylic acids is 1. The minimum atomic E-state index is -0.370. The molecule has 0 aliphatic carbocycles. The zero-order chi connectivity index (χ0) is 23.2. The number of rotatable bonds is 8. The fraction of sp³-hybridized carbons (Fsp3) is 0.250. The van der Waals surface area contributed by atoms with Crippen LogP contribution in [-0.4, -0.2) is 20.4 Å². The predicted molar refractivity (Wildman–Crippen MR) is 132 cm³/mol. The van der Waals surface area contributed by atoms with Crippen molar-refractivity contribution in [3.63, 3.8) is 0 Å². The van der Waals surface area contributed by atoms with Crippen LogP contribution in [0.1, 0.15) is 49.7 Å². The van der Waals surface area contributed by atoms with Crippen LogP contribution in [0.5, 0.6) is 0 Å². The molecule has 0 spiro atoms. The molecule has 5 nitrogen and oxygen atoms in total. The molecule has 0 N–H and O–H groups in total. The zero-order valence-electron chi connectivity index (χ0n) is 19.1. The summed E-state index contributed by atoms with van der Waals surface area (Å²) in [6, 6.07) is 26.9. The van der Waals surface area contributed by atoms with Crippen molar-refractivity contribution in [2.24, 2.45) is 0 Å². The highest BCUT2D eigenvalue weighted by Gasteiger charge is 2.26. The monoisotopic (exact) mass is 439 g/mol. The van der Waals surface area contributed by atoms with Crippen molar-refractivity contribution in [1.82, 2.24) is 14.5 Å². The Labute approximate surface area is 194 Å². The number of para-hydroxylation sites is 1. The van der Waals surface area contributed by atoms with Crippen LogP contribution in [0.25, 0.3) is 10.9 Å². The van der Waals surface area contributed by atoms with Gasteiger partial charge in [0.25, 0.3) is 5.56 Å². The van der Waals surface area contributed by atoms with E-state index in [1.54, 1.807) is 4.57 Å². The Morgan fingerprint density at radius 2 is 1.52 bits per heavy atom. The summed E-state index contributed by atoms with van der Waals surface area (Å²) < 4.78 is 1.72. The van der Waals surface area contributed by atoms with E-state index in [-0.39, 0.29) is 17.5 Å². The lowest BCUT2D eigenvalue weighted by Crippen LogP contribution is -2.37. The highest BCUT2D eigenvalue weighted by molar-refractivity contribution is 5.78. The van der Waals surface area contributed by atoms with Crippen molar-refractivity contribution in [2.75, 3.05) is 0 Å². The van der Waals surface area contributed by atoms with Crippen molar-refractivity contribution in [1.29, 1.82) is 0 Å². The van der Waals surface area contributed by atoms with Gasteiger partial charge in [-0.2, -0.15) is 0 Å². The molecule has 0 saturated heterocycles. The van der Waals surface area contributed by atoms with Gasteiger partial charge in [-0.3, -0.25) is 14.2 Å². The molecule has 0 aliphatic rings. The molecule has 0 radical (unpaired) electrons. The lowest BCUT2D eigenvalue weighted by Gasteiger charge is -2.31. The number of aromatic nitrogens is 2. The maximum atomic E-state index is 13.6. The van der Waals surface area contributed by atoms with Gasteiger partial charge in [-0.25, -0.2) is 4.98 Å². The van der Waals surface area contributed by atoms with Gasteiger partial charge in [-0.15, -0.1) is 0 Å². The van der Waals surface area contributed by atoms with Gasteiger partial charge in [0.15, 0.2) is 0 Å². The number of benzene rings is 3. The van der Waals surface area contributed by atoms with E-state index in [9.17, 15) is 9.59 Å². The van der Waals surface area contributed by atoms with Gasteiger partial charge >= 0.3 is 0 Å². The van der Waals surface area contributed by atoms with E-state index in [1.165, 1.54) is 0 Å². The highest BCUT2D eigenvalue weighted by atomic mass is 16.2.